The highest BCUT2D eigenvalue weighted by Crippen LogP contribution is 2.25. The van der Waals surface area contributed by atoms with Crippen molar-refractivity contribution >= 4 is 15.9 Å². The molecule has 0 saturated heterocycles. The Morgan fingerprint density at radius 3 is 3.45 bits per heavy atom. The minimum absolute atomic E-state index is 0.640. The lowest BCUT2D eigenvalue weighted by Crippen LogP contribution is -2.17. The van der Waals surface area contributed by atoms with Gasteiger partial charge < -0.3 is 4.57 Å². The van der Waals surface area contributed by atoms with Crippen molar-refractivity contribution < 1.29 is 0 Å². The molecular formula is C8H11BrN2. The maximum Gasteiger partial charge on any atom is 0.0951 e. The van der Waals surface area contributed by atoms with E-state index in [1.54, 1.807) is 0 Å². The highest BCUT2D eigenvalue weighted by atomic mass is 79.9. The molecule has 0 fully saturated rings. The standard InChI is InChI=1S/C8H11BrN2/c9-4-7-2-1-3-8-5-10-6-11(7)8/h5-7H,1-4H2/t7-/m1/s1. The molecule has 2 nitrogen and oxygen atoms in total. The van der Waals surface area contributed by atoms with Crippen molar-refractivity contribution in [3.63, 3.8) is 0 Å². The number of hydrogen-bond acceptors (Lipinski definition) is 1. The van der Waals surface area contributed by atoms with E-state index in [1.807, 2.05) is 12.5 Å². The fraction of sp³-hybridized carbons (Fsp3) is 0.625. The molecule has 0 aliphatic carbocycles. The molecule has 1 aromatic heterocycles. The molecule has 3 heteroatoms. The van der Waals surface area contributed by atoms with E-state index < -0.39 is 0 Å². The lowest BCUT2D eigenvalue weighted by molar-refractivity contribution is 0.440. The van der Waals surface area contributed by atoms with Crippen LogP contribution in [-0.4, -0.2) is 14.9 Å². The summed E-state index contributed by atoms with van der Waals surface area (Å²) in [6.07, 6.45) is 7.72. The van der Waals surface area contributed by atoms with Gasteiger partial charge in [0.1, 0.15) is 0 Å². The topological polar surface area (TPSA) is 17.8 Å². The summed E-state index contributed by atoms with van der Waals surface area (Å²) in [5.74, 6) is 0. The van der Waals surface area contributed by atoms with Crippen molar-refractivity contribution in [1.29, 1.82) is 0 Å². The molecule has 0 aromatic carbocycles. The van der Waals surface area contributed by atoms with Crippen LogP contribution < -0.4 is 0 Å². The van der Waals surface area contributed by atoms with Gasteiger partial charge in [-0.3, -0.25) is 0 Å². The maximum absolute atomic E-state index is 4.14. The number of fused-ring (bicyclic) bond motifs is 1. The third kappa shape index (κ3) is 1.22. The van der Waals surface area contributed by atoms with E-state index >= 15 is 0 Å². The van der Waals surface area contributed by atoms with E-state index in [9.17, 15) is 0 Å². The lowest BCUT2D eigenvalue weighted by Gasteiger charge is -2.23. The second-order valence-corrected chi connectivity index (χ2v) is 3.64. The van der Waals surface area contributed by atoms with Crippen molar-refractivity contribution in [2.24, 2.45) is 0 Å². The van der Waals surface area contributed by atoms with Gasteiger partial charge in [0.2, 0.25) is 0 Å². The Morgan fingerprint density at radius 1 is 1.73 bits per heavy atom. The molecule has 0 saturated carbocycles. The van der Waals surface area contributed by atoms with E-state index in [-0.39, 0.29) is 0 Å². The first kappa shape index (κ1) is 7.35. The molecular weight excluding hydrogens is 204 g/mol. The lowest BCUT2D eigenvalue weighted by atomic mass is 10.0. The molecule has 0 spiro atoms. The summed E-state index contributed by atoms with van der Waals surface area (Å²) >= 11 is 3.52. The van der Waals surface area contributed by atoms with Crippen LogP contribution in [0.1, 0.15) is 24.6 Å². The smallest absolute Gasteiger partial charge is 0.0951 e. The van der Waals surface area contributed by atoms with E-state index in [1.165, 1.54) is 25.0 Å². The Labute approximate surface area is 74.8 Å². The van der Waals surface area contributed by atoms with Crippen LogP contribution in [0.25, 0.3) is 0 Å². The maximum atomic E-state index is 4.14. The molecule has 0 unspecified atom stereocenters. The summed E-state index contributed by atoms with van der Waals surface area (Å²) in [4.78, 5) is 4.14. The molecule has 60 valence electrons. The first-order chi connectivity index (χ1) is 5.42. The van der Waals surface area contributed by atoms with Gasteiger partial charge in [0.15, 0.2) is 0 Å². The van der Waals surface area contributed by atoms with E-state index in [4.69, 9.17) is 0 Å². The molecule has 0 amide bonds. The zero-order chi connectivity index (χ0) is 7.68. The van der Waals surface area contributed by atoms with Crippen molar-refractivity contribution in [3.8, 4) is 0 Å². The van der Waals surface area contributed by atoms with Gasteiger partial charge >= 0.3 is 0 Å². The molecule has 1 aromatic rings. The van der Waals surface area contributed by atoms with Crippen LogP contribution in [0.3, 0.4) is 0 Å². The summed E-state index contributed by atoms with van der Waals surface area (Å²) in [6.45, 7) is 0. The van der Waals surface area contributed by atoms with Crippen LogP contribution in [0.15, 0.2) is 12.5 Å². The van der Waals surface area contributed by atoms with Crippen LogP contribution in [-0.2, 0) is 6.42 Å². The Hall–Kier alpha value is -0.310. The zero-order valence-electron chi connectivity index (χ0n) is 6.33. The minimum Gasteiger partial charge on any atom is -0.331 e. The average molecular weight is 215 g/mol. The van der Waals surface area contributed by atoms with Crippen LogP contribution in [0.2, 0.25) is 0 Å². The van der Waals surface area contributed by atoms with Gasteiger partial charge in [0, 0.05) is 23.3 Å². The van der Waals surface area contributed by atoms with E-state index in [0.29, 0.717) is 6.04 Å². The monoisotopic (exact) mass is 214 g/mol. The van der Waals surface area contributed by atoms with Gasteiger partial charge in [-0.1, -0.05) is 15.9 Å². The molecule has 1 aliphatic heterocycles. The van der Waals surface area contributed by atoms with Crippen molar-refractivity contribution in [2.75, 3.05) is 5.33 Å². The number of nitrogens with zero attached hydrogens (tertiary/aromatic N) is 2. The summed E-state index contributed by atoms with van der Waals surface area (Å²) in [5, 5.41) is 1.05. The average Bonchev–Trinajstić information content (AvgIpc) is 2.50. The predicted molar refractivity (Wildman–Crippen MR) is 48.0 cm³/mol. The van der Waals surface area contributed by atoms with Gasteiger partial charge in [-0.25, -0.2) is 4.98 Å². The number of alkyl halides is 1. The molecule has 1 atom stereocenters. The second kappa shape index (κ2) is 2.97. The Balaban J connectivity index is 2.32. The van der Waals surface area contributed by atoms with Crippen molar-refractivity contribution in [3.05, 3.63) is 18.2 Å². The second-order valence-electron chi connectivity index (χ2n) is 2.99. The number of halogens is 1. The molecule has 2 rings (SSSR count). The van der Waals surface area contributed by atoms with Crippen LogP contribution >= 0.6 is 15.9 Å². The van der Waals surface area contributed by atoms with Gasteiger partial charge in [-0.05, 0) is 19.3 Å². The first-order valence-electron chi connectivity index (χ1n) is 3.98. The summed E-state index contributed by atoms with van der Waals surface area (Å²) in [6, 6.07) is 0.640. The Bertz CT molecular complexity index is 244. The third-order valence-corrected chi connectivity index (χ3v) is 3.04. The number of imidazole rings is 1. The summed E-state index contributed by atoms with van der Waals surface area (Å²) in [5.41, 5.74) is 1.39. The highest BCUT2D eigenvalue weighted by Gasteiger charge is 2.17. The van der Waals surface area contributed by atoms with Crippen molar-refractivity contribution in [1.82, 2.24) is 9.55 Å². The molecule has 2 heterocycles. The van der Waals surface area contributed by atoms with Gasteiger partial charge in [0.25, 0.3) is 0 Å². The first-order valence-corrected chi connectivity index (χ1v) is 5.10. The number of rotatable bonds is 1. The minimum atomic E-state index is 0.640. The Morgan fingerprint density at radius 2 is 2.64 bits per heavy atom. The third-order valence-electron chi connectivity index (χ3n) is 2.29. The number of aromatic nitrogens is 2. The van der Waals surface area contributed by atoms with Crippen LogP contribution in [0, 0.1) is 0 Å². The molecule has 0 bridgehead atoms. The fourth-order valence-electron chi connectivity index (χ4n) is 1.66. The fourth-order valence-corrected chi connectivity index (χ4v) is 2.30. The van der Waals surface area contributed by atoms with Crippen molar-refractivity contribution in [2.45, 2.75) is 25.3 Å². The quantitative estimate of drug-likeness (QED) is 0.656. The van der Waals surface area contributed by atoms with Crippen LogP contribution in [0.5, 0.6) is 0 Å². The normalized spacial score (nSPS) is 23.2. The van der Waals surface area contributed by atoms with Gasteiger partial charge in [0.05, 0.1) is 6.33 Å². The molecule has 0 radical (unpaired) electrons. The number of hydrogen-bond donors (Lipinski definition) is 0. The largest absolute Gasteiger partial charge is 0.331 e. The van der Waals surface area contributed by atoms with Gasteiger partial charge in [-0.2, -0.15) is 0 Å². The predicted octanol–water partition coefficient (Wildman–Crippen LogP) is 2.16. The molecule has 0 N–H and O–H groups in total. The summed E-state index contributed by atoms with van der Waals surface area (Å²) in [7, 11) is 0. The number of aryl methyl sites for hydroxylation is 1. The van der Waals surface area contributed by atoms with Crippen LogP contribution in [0.4, 0.5) is 0 Å². The summed E-state index contributed by atoms with van der Waals surface area (Å²) < 4.78 is 2.29. The molecule has 1 aliphatic rings. The van der Waals surface area contributed by atoms with Gasteiger partial charge in [-0.15, -0.1) is 0 Å². The van der Waals surface area contributed by atoms with E-state index in [2.05, 4.69) is 25.5 Å². The van der Waals surface area contributed by atoms with E-state index in [0.717, 1.165) is 5.33 Å². The molecule has 11 heavy (non-hydrogen) atoms. The Kier molecular flexibility index (Phi) is 1.98. The zero-order valence-corrected chi connectivity index (χ0v) is 7.92. The SMILES string of the molecule is BrC[C@H]1CCCc2cncn21. The highest BCUT2D eigenvalue weighted by molar-refractivity contribution is 9.09.